The number of nitrogens with zero attached hydrogens (tertiary/aromatic N) is 2. The number of ether oxygens (including phenoxy) is 2. The van der Waals surface area contributed by atoms with E-state index in [9.17, 15) is 19.8 Å². The van der Waals surface area contributed by atoms with Crippen molar-refractivity contribution in [1.82, 2.24) is 9.55 Å². The second kappa shape index (κ2) is 8.10. The summed E-state index contributed by atoms with van der Waals surface area (Å²) in [6, 6.07) is 1.31. The van der Waals surface area contributed by atoms with E-state index in [1.54, 1.807) is 20.8 Å². The van der Waals surface area contributed by atoms with Crippen molar-refractivity contribution in [2.75, 3.05) is 18.7 Å². The van der Waals surface area contributed by atoms with Crippen molar-refractivity contribution in [3.8, 4) is 0 Å². The number of nitrogens with one attached hydrogen (secondary N) is 1. The first-order valence-electron chi connectivity index (χ1n) is 7.93. The molecule has 0 radical (unpaired) electrons. The van der Waals surface area contributed by atoms with Gasteiger partial charge >= 0.3 is 11.7 Å². The van der Waals surface area contributed by atoms with Crippen LogP contribution in [0.3, 0.4) is 0 Å². The Bertz CT molecular complexity index is 686. The SMILES string of the molecule is CC(C)(C)OCC(=O)ONc1ccn([C@@H]2O[C@H](CO)[C@@H](O)[C@H]2O)c(=O)n1. The third-order valence-corrected chi connectivity index (χ3v) is 3.51. The topological polar surface area (TPSA) is 152 Å². The lowest BCUT2D eigenvalue weighted by Gasteiger charge is -2.19. The van der Waals surface area contributed by atoms with Gasteiger partial charge in [-0.2, -0.15) is 4.98 Å². The van der Waals surface area contributed by atoms with E-state index in [1.165, 1.54) is 12.3 Å². The van der Waals surface area contributed by atoms with Crippen LogP contribution in [0.15, 0.2) is 17.1 Å². The summed E-state index contributed by atoms with van der Waals surface area (Å²) in [5.74, 6) is -0.739. The first-order valence-corrected chi connectivity index (χ1v) is 7.93. The summed E-state index contributed by atoms with van der Waals surface area (Å²) >= 11 is 0. The van der Waals surface area contributed by atoms with Gasteiger partial charge in [0.2, 0.25) is 0 Å². The Hall–Kier alpha value is -2.05. The molecule has 2 rings (SSSR count). The zero-order valence-electron chi connectivity index (χ0n) is 14.7. The average Bonchev–Trinajstić information content (AvgIpc) is 2.85. The van der Waals surface area contributed by atoms with Crippen LogP contribution in [0.4, 0.5) is 5.82 Å². The number of aliphatic hydroxyl groups excluding tert-OH is 3. The molecule has 11 heteroatoms. The summed E-state index contributed by atoms with van der Waals surface area (Å²) in [6.07, 6.45) is -3.70. The summed E-state index contributed by atoms with van der Waals surface area (Å²) in [5, 5.41) is 28.8. The van der Waals surface area contributed by atoms with Crippen molar-refractivity contribution in [2.24, 2.45) is 0 Å². The van der Waals surface area contributed by atoms with E-state index < -0.39 is 48.4 Å². The van der Waals surface area contributed by atoms with Crippen LogP contribution in [0.5, 0.6) is 0 Å². The maximum absolute atomic E-state index is 12.1. The Morgan fingerprint density at radius 1 is 1.38 bits per heavy atom. The Kier molecular flexibility index (Phi) is 6.31. The van der Waals surface area contributed by atoms with Crippen LogP contribution in [0, 0.1) is 0 Å². The molecule has 4 atom stereocenters. The van der Waals surface area contributed by atoms with Crippen molar-refractivity contribution in [3.05, 3.63) is 22.7 Å². The molecule has 26 heavy (non-hydrogen) atoms. The molecule has 1 saturated heterocycles. The van der Waals surface area contributed by atoms with Crippen molar-refractivity contribution in [1.29, 1.82) is 0 Å². The molecule has 2 heterocycles. The largest absolute Gasteiger partial charge is 0.394 e. The normalized spacial score (nSPS) is 25.9. The number of carbonyl (C=O) groups is 1. The number of hydrogen-bond acceptors (Lipinski definition) is 10. The molecule has 0 bridgehead atoms. The molecule has 0 spiro atoms. The van der Waals surface area contributed by atoms with Crippen LogP contribution >= 0.6 is 0 Å². The van der Waals surface area contributed by atoms with E-state index in [1.807, 2.05) is 0 Å². The number of rotatable bonds is 6. The average molecular weight is 373 g/mol. The van der Waals surface area contributed by atoms with Crippen LogP contribution in [0.1, 0.15) is 27.0 Å². The van der Waals surface area contributed by atoms with Gasteiger partial charge in [0.1, 0.15) is 24.9 Å². The van der Waals surface area contributed by atoms with E-state index >= 15 is 0 Å². The molecular formula is C15H23N3O8. The molecule has 146 valence electrons. The lowest BCUT2D eigenvalue weighted by atomic mass is 10.1. The van der Waals surface area contributed by atoms with Gasteiger partial charge in [-0.25, -0.2) is 15.1 Å². The molecule has 0 unspecified atom stereocenters. The summed E-state index contributed by atoms with van der Waals surface area (Å²) in [6.45, 7) is 4.56. The van der Waals surface area contributed by atoms with Gasteiger partial charge < -0.3 is 29.6 Å². The first-order chi connectivity index (χ1) is 12.1. The molecule has 1 fully saturated rings. The zero-order chi connectivity index (χ0) is 19.5. The number of anilines is 1. The molecule has 0 amide bonds. The molecular weight excluding hydrogens is 350 g/mol. The summed E-state index contributed by atoms with van der Waals surface area (Å²) in [5.41, 5.74) is 0.916. The smallest absolute Gasteiger partial charge is 0.357 e. The molecule has 1 aliphatic heterocycles. The minimum atomic E-state index is -1.40. The second-order valence-electron chi connectivity index (χ2n) is 6.71. The number of carbonyl (C=O) groups excluding carboxylic acids is 1. The third-order valence-electron chi connectivity index (χ3n) is 3.51. The summed E-state index contributed by atoms with van der Waals surface area (Å²) in [4.78, 5) is 32.0. The van der Waals surface area contributed by atoms with E-state index in [0.717, 1.165) is 4.57 Å². The zero-order valence-corrected chi connectivity index (χ0v) is 14.7. The van der Waals surface area contributed by atoms with Crippen LogP contribution in [-0.4, -0.2) is 68.0 Å². The molecule has 11 nitrogen and oxygen atoms in total. The third kappa shape index (κ3) is 4.99. The van der Waals surface area contributed by atoms with Gasteiger partial charge in [-0.1, -0.05) is 0 Å². The maximum atomic E-state index is 12.1. The Morgan fingerprint density at radius 3 is 2.62 bits per heavy atom. The monoisotopic (exact) mass is 373 g/mol. The first kappa shape index (κ1) is 20.3. The van der Waals surface area contributed by atoms with Gasteiger partial charge in [-0.05, 0) is 20.8 Å². The van der Waals surface area contributed by atoms with Gasteiger partial charge in [0.15, 0.2) is 12.0 Å². The van der Waals surface area contributed by atoms with Gasteiger partial charge in [0.25, 0.3) is 0 Å². The predicted octanol–water partition coefficient (Wildman–Crippen LogP) is -1.46. The summed E-state index contributed by atoms with van der Waals surface area (Å²) < 4.78 is 11.5. The lowest BCUT2D eigenvalue weighted by Crippen LogP contribution is -2.36. The molecule has 1 aromatic heterocycles. The van der Waals surface area contributed by atoms with Gasteiger partial charge in [0, 0.05) is 12.3 Å². The summed E-state index contributed by atoms with van der Waals surface area (Å²) in [7, 11) is 0. The number of aliphatic hydroxyl groups is 3. The molecule has 1 aromatic rings. The van der Waals surface area contributed by atoms with E-state index in [4.69, 9.17) is 19.4 Å². The highest BCUT2D eigenvalue weighted by molar-refractivity contribution is 5.71. The maximum Gasteiger partial charge on any atom is 0.357 e. The Morgan fingerprint density at radius 2 is 2.08 bits per heavy atom. The van der Waals surface area contributed by atoms with Crippen LogP contribution in [-0.2, 0) is 19.1 Å². The van der Waals surface area contributed by atoms with Gasteiger partial charge in [0.05, 0.1) is 12.2 Å². The van der Waals surface area contributed by atoms with Crippen LogP contribution in [0.25, 0.3) is 0 Å². The standard InChI is InChI=1S/C15H23N3O8/c1-15(2,3)24-7-10(20)26-17-9-4-5-18(14(23)16-9)13-12(22)11(21)8(6-19)25-13/h4-5,8,11-13,19,21-22H,6-7H2,1-3H3,(H,16,17,23)/t8-,11-,12-,13-/m1/s1. The molecule has 0 aromatic carbocycles. The van der Waals surface area contributed by atoms with E-state index in [-0.39, 0.29) is 12.4 Å². The van der Waals surface area contributed by atoms with Gasteiger partial charge in [-0.15, -0.1) is 0 Å². The Labute approximate surface area is 149 Å². The fourth-order valence-electron chi connectivity index (χ4n) is 2.19. The molecule has 0 saturated carbocycles. The van der Waals surface area contributed by atoms with Crippen molar-refractivity contribution >= 4 is 11.8 Å². The van der Waals surface area contributed by atoms with Crippen molar-refractivity contribution in [3.63, 3.8) is 0 Å². The highest BCUT2D eigenvalue weighted by Gasteiger charge is 2.43. The van der Waals surface area contributed by atoms with Crippen molar-refractivity contribution < 1.29 is 34.4 Å². The highest BCUT2D eigenvalue weighted by atomic mass is 16.7. The van der Waals surface area contributed by atoms with E-state index in [0.29, 0.717) is 0 Å². The van der Waals surface area contributed by atoms with Crippen LogP contribution in [0.2, 0.25) is 0 Å². The lowest BCUT2D eigenvalue weighted by molar-refractivity contribution is -0.150. The predicted molar refractivity (Wildman–Crippen MR) is 86.9 cm³/mol. The fourth-order valence-corrected chi connectivity index (χ4v) is 2.19. The number of aromatic nitrogens is 2. The fraction of sp³-hybridized carbons (Fsp3) is 0.667. The Balaban J connectivity index is 1.97. The molecule has 4 N–H and O–H groups in total. The minimum absolute atomic E-state index is 0.0397. The molecule has 1 aliphatic rings. The van der Waals surface area contributed by atoms with E-state index in [2.05, 4.69) is 10.5 Å². The highest BCUT2D eigenvalue weighted by Crippen LogP contribution is 2.28. The van der Waals surface area contributed by atoms with Crippen molar-refractivity contribution in [2.45, 2.75) is 50.9 Å². The minimum Gasteiger partial charge on any atom is -0.394 e. The number of hydrogen-bond donors (Lipinski definition) is 4. The van der Waals surface area contributed by atoms with Gasteiger partial charge in [-0.3, -0.25) is 4.57 Å². The quantitative estimate of drug-likeness (QED) is 0.435. The van der Waals surface area contributed by atoms with Crippen LogP contribution < -0.4 is 11.2 Å². The second-order valence-corrected chi connectivity index (χ2v) is 6.71. The molecule has 0 aliphatic carbocycles.